The highest BCUT2D eigenvalue weighted by Gasteiger charge is 2.23. The highest BCUT2D eigenvalue weighted by atomic mass is 16.5. The van der Waals surface area contributed by atoms with Gasteiger partial charge in [0.2, 0.25) is 0 Å². The Labute approximate surface area is 62.4 Å². The van der Waals surface area contributed by atoms with Gasteiger partial charge in [-0.25, -0.2) is 0 Å². The molecule has 1 rings (SSSR count). The van der Waals surface area contributed by atoms with Crippen LogP contribution in [0.5, 0.6) is 0 Å². The molecule has 0 aromatic heterocycles. The fourth-order valence-corrected chi connectivity index (χ4v) is 1.07. The number of ether oxygens (including phenoxy) is 1. The Morgan fingerprint density at radius 3 is 2.40 bits per heavy atom. The molecule has 0 saturated heterocycles. The molecule has 55 valence electrons. The molecule has 0 fully saturated rings. The minimum atomic E-state index is -0.130. The molecule has 1 aliphatic carbocycles. The summed E-state index contributed by atoms with van der Waals surface area (Å²) in [4.78, 5) is 0. The first-order chi connectivity index (χ1) is 4.83. The van der Waals surface area contributed by atoms with Gasteiger partial charge in [0.1, 0.15) is 0 Å². The van der Waals surface area contributed by atoms with E-state index in [1.54, 1.807) is 7.11 Å². The summed E-state index contributed by atoms with van der Waals surface area (Å²) in [6, 6.07) is 0. The van der Waals surface area contributed by atoms with Gasteiger partial charge < -0.3 is 4.74 Å². The lowest BCUT2D eigenvalue weighted by Crippen LogP contribution is -2.28. The lowest BCUT2D eigenvalue weighted by atomic mass is 9.92. The molecule has 0 spiro atoms. The first-order valence-electron chi connectivity index (χ1n) is 3.58. The molecule has 1 atom stereocenters. The third kappa shape index (κ3) is 1.29. The Hall–Kier alpha value is -0.560. The summed E-state index contributed by atoms with van der Waals surface area (Å²) in [5, 5.41) is 0. The van der Waals surface area contributed by atoms with E-state index in [1.165, 1.54) is 0 Å². The van der Waals surface area contributed by atoms with Crippen molar-refractivity contribution in [3.8, 4) is 0 Å². The van der Waals surface area contributed by atoms with Crippen LogP contribution in [-0.4, -0.2) is 12.7 Å². The molecule has 10 heavy (non-hydrogen) atoms. The van der Waals surface area contributed by atoms with E-state index in [9.17, 15) is 0 Å². The quantitative estimate of drug-likeness (QED) is 0.566. The maximum Gasteiger partial charge on any atom is 0.0928 e. The number of methoxy groups -OCH3 is 1. The predicted octanol–water partition coefficient (Wildman–Crippen LogP) is 2.11. The van der Waals surface area contributed by atoms with Crippen LogP contribution in [0.25, 0.3) is 0 Å². The first kappa shape index (κ1) is 7.55. The molecule has 0 aromatic rings. The van der Waals surface area contributed by atoms with Gasteiger partial charge in [0.05, 0.1) is 5.60 Å². The Bertz CT molecular complexity index is 152. The second kappa shape index (κ2) is 3.02. The van der Waals surface area contributed by atoms with Crippen molar-refractivity contribution in [1.82, 2.24) is 0 Å². The van der Waals surface area contributed by atoms with Crippen LogP contribution in [0.2, 0.25) is 0 Å². The molecular weight excluding hydrogens is 124 g/mol. The minimum Gasteiger partial charge on any atom is -0.374 e. The van der Waals surface area contributed by atoms with Gasteiger partial charge in [-0.2, -0.15) is 0 Å². The largest absolute Gasteiger partial charge is 0.374 e. The molecule has 1 radical (unpaired) electrons. The topological polar surface area (TPSA) is 9.23 Å². The van der Waals surface area contributed by atoms with Crippen molar-refractivity contribution in [3.63, 3.8) is 0 Å². The molecule has 0 aromatic carbocycles. The highest BCUT2D eigenvalue weighted by Crippen LogP contribution is 2.23. The van der Waals surface area contributed by atoms with Crippen LogP contribution >= 0.6 is 0 Å². The van der Waals surface area contributed by atoms with Crippen molar-refractivity contribution in [2.24, 2.45) is 0 Å². The summed E-state index contributed by atoms with van der Waals surface area (Å²) >= 11 is 0. The summed E-state index contributed by atoms with van der Waals surface area (Å²) in [5.41, 5.74) is -0.130. The fraction of sp³-hybridized carbons (Fsp3) is 0.444. The van der Waals surface area contributed by atoms with Gasteiger partial charge >= 0.3 is 0 Å². The summed E-state index contributed by atoms with van der Waals surface area (Å²) in [6.07, 6.45) is 11.2. The van der Waals surface area contributed by atoms with E-state index in [0.29, 0.717) is 0 Å². The first-order valence-corrected chi connectivity index (χ1v) is 3.58. The van der Waals surface area contributed by atoms with Gasteiger partial charge in [-0.15, -0.1) is 0 Å². The smallest absolute Gasteiger partial charge is 0.0928 e. The third-order valence-electron chi connectivity index (χ3n) is 1.91. The van der Waals surface area contributed by atoms with Crippen molar-refractivity contribution in [2.45, 2.75) is 18.9 Å². The lowest BCUT2D eigenvalue weighted by Gasteiger charge is -2.27. The van der Waals surface area contributed by atoms with Crippen LogP contribution in [0.4, 0.5) is 0 Å². The molecule has 0 bridgehead atoms. The SMILES string of the molecule is CCC1(OC)[CH]C=CC=C1. The molecule has 0 aliphatic heterocycles. The molecule has 0 amide bonds. The Morgan fingerprint density at radius 1 is 1.30 bits per heavy atom. The van der Waals surface area contributed by atoms with Gasteiger partial charge in [-0.05, 0) is 6.42 Å². The zero-order valence-electron chi connectivity index (χ0n) is 6.50. The Balaban J connectivity index is 2.66. The average Bonchev–Trinajstić information content (AvgIpc) is 2.06. The monoisotopic (exact) mass is 137 g/mol. The van der Waals surface area contributed by atoms with Crippen molar-refractivity contribution in [3.05, 3.63) is 30.7 Å². The third-order valence-corrected chi connectivity index (χ3v) is 1.91. The molecule has 0 saturated carbocycles. The predicted molar refractivity (Wildman–Crippen MR) is 42.6 cm³/mol. The van der Waals surface area contributed by atoms with E-state index < -0.39 is 0 Å². The highest BCUT2D eigenvalue weighted by molar-refractivity contribution is 5.26. The number of hydrogen-bond acceptors (Lipinski definition) is 1. The summed E-state index contributed by atoms with van der Waals surface area (Å²) < 4.78 is 5.33. The Kier molecular flexibility index (Phi) is 2.28. The van der Waals surface area contributed by atoms with E-state index in [2.05, 4.69) is 19.4 Å². The van der Waals surface area contributed by atoms with Gasteiger partial charge in [0.15, 0.2) is 0 Å². The van der Waals surface area contributed by atoms with Crippen LogP contribution in [-0.2, 0) is 4.74 Å². The molecular formula is C9H13O. The van der Waals surface area contributed by atoms with Crippen LogP contribution in [0.3, 0.4) is 0 Å². The van der Waals surface area contributed by atoms with E-state index in [0.717, 1.165) is 6.42 Å². The Morgan fingerprint density at radius 2 is 2.10 bits per heavy atom. The molecule has 0 N–H and O–H groups in total. The second-order valence-corrected chi connectivity index (χ2v) is 2.42. The van der Waals surface area contributed by atoms with Gasteiger partial charge in [0, 0.05) is 13.5 Å². The minimum absolute atomic E-state index is 0.130. The summed E-state index contributed by atoms with van der Waals surface area (Å²) in [7, 11) is 1.74. The number of hydrogen-bond donors (Lipinski definition) is 0. The molecule has 1 nitrogen and oxygen atoms in total. The fourth-order valence-electron chi connectivity index (χ4n) is 1.07. The number of rotatable bonds is 2. The summed E-state index contributed by atoms with van der Waals surface area (Å²) in [6.45, 7) is 2.11. The summed E-state index contributed by atoms with van der Waals surface area (Å²) in [5.74, 6) is 0. The van der Waals surface area contributed by atoms with Gasteiger partial charge in [-0.3, -0.25) is 0 Å². The molecule has 1 aliphatic rings. The van der Waals surface area contributed by atoms with E-state index in [4.69, 9.17) is 4.74 Å². The van der Waals surface area contributed by atoms with Crippen LogP contribution in [0, 0.1) is 6.42 Å². The molecule has 0 heterocycles. The van der Waals surface area contributed by atoms with Crippen LogP contribution < -0.4 is 0 Å². The van der Waals surface area contributed by atoms with Crippen molar-refractivity contribution in [2.75, 3.05) is 7.11 Å². The van der Waals surface area contributed by atoms with Crippen LogP contribution in [0.1, 0.15) is 13.3 Å². The van der Waals surface area contributed by atoms with Gasteiger partial charge in [0.25, 0.3) is 0 Å². The maximum atomic E-state index is 5.33. The van der Waals surface area contributed by atoms with Crippen molar-refractivity contribution in [1.29, 1.82) is 0 Å². The van der Waals surface area contributed by atoms with Crippen molar-refractivity contribution >= 4 is 0 Å². The second-order valence-electron chi connectivity index (χ2n) is 2.42. The van der Waals surface area contributed by atoms with E-state index in [1.807, 2.05) is 18.2 Å². The normalized spacial score (nSPS) is 31.0. The van der Waals surface area contributed by atoms with Crippen molar-refractivity contribution < 1.29 is 4.74 Å². The van der Waals surface area contributed by atoms with E-state index in [-0.39, 0.29) is 5.60 Å². The number of allylic oxidation sites excluding steroid dienone is 2. The average molecular weight is 137 g/mol. The van der Waals surface area contributed by atoms with Crippen LogP contribution in [0.15, 0.2) is 24.3 Å². The lowest BCUT2D eigenvalue weighted by molar-refractivity contribution is 0.0599. The van der Waals surface area contributed by atoms with E-state index >= 15 is 0 Å². The molecule has 1 unspecified atom stereocenters. The zero-order chi connectivity index (χ0) is 7.45. The maximum absolute atomic E-state index is 5.33. The van der Waals surface area contributed by atoms with Gasteiger partial charge in [-0.1, -0.05) is 31.2 Å². The molecule has 1 heteroatoms. The standard InChI is InChI=1S/C9H13O/c1-3-9(10-2)7-5-4-6-8-9/h4-8H,3H2,1-2H3. The zero-order valence-corrected chi connectivity index (χ0v) is 6.50.